The summed E-state index contributed by atoms with van der Waals surface area (Å²) in [6.45, 7) is 3.95. The molecule has 0 radical (unpaired) electrons. The molecule has 2 aromatic rings. The zero-order valence-corrected chi connectivity index (χ0v) is 13.5. The molecule has 3 nitrogen and oxygen atoms in total. The average Bonchev–Trinajstić information content (AvgIpc) is 2.42. The summed E-state index contributed by atoms with van der Waals surface area (Å²) in [5.74, 6) is -0.270. The number of aryl methyl sites for hydroxylation is 1. The Labute approximate surface area is 132 Å². The molecule has 2 N–H and O–H groups in total. The number of aromatic hydroxyl groups is 1. The SMILES string of the molecule is Cc1ccc(C(C)NC(=O)c2cc(I)ccc2O)cc1. The van der Waals surface area contributed by atoms with Crippen molar-refractivity contribution in [1.29, 1.82) is 0 Å². The summed E-state index contributed by atoms with van der Waals surface area (Å²) in [5.41, 5.74) is 2.52. The topological polar surface area (TPSA) is 49.3 Å². The average molecular weight is 381 g/mol. The van der Waals surface area contributed by atoms with Crippen LogP contribution in [-0.4, -0.2) is 11.0 Å². The predicted octanol–water partition coefficient (Wildman–Crippen LogP) is 3.80. The maximum atomic E-state index is 12.2. The molecule has 1 amide bonds. The standard InChI is InChI=1S/C16H16INO2/c1-10-3-5-12(6-4-10)11(2)18-16(20)14-9-13(17)7-8-15(14)19/h3-9,11,19H,1-2H3,(H,18,20). The third-order valence-corrected chi connectivity index (χ3v) is 3.80. The highest BCUT2D eigenvalue weighted by Crippen LogP contribution is 2.21. The van der Waals surface area contributed by atoms with E-state index in [2.05, 4.69) is 27.9 Å². The lowest BCUT2D eigenvalue weighted by atomic mass is 10.1. The van der Waals surface area contributed by atoms with Gasteiger partial charge in [-0.25, -0.2) is 0 Å². The van der Waals surface area contributed by atoms with Crippen LogP contribution in [0.3, 0.4) is 0 Å². The van der Waals surface area contributed by atoms with Crippen LogP contribution in [0.5, 0.6) is 5.75 Å². The second-order valence-electron chi connectivity index (χ2n) is 4.77. The summed E-state index contributed by atoms with van der Waals surface area (Å²) in [7, 11) is 0. The van der Waals surface area contributed by atoms with Crippen molar-refractivity contribution in [3.05, 3.63) is 62.7 Å². The van der Waals surface area contributed by atoms with E-state index in [1.165, 1.54) is 11.6 Å². The maximum Gasteiger partial charge on any atom is 0.255 e. The first kappa shape index (κ1) is 14.8. The number of amides is 1. The van der Waals surface area contributed by atoms with Gasteiger partial charge in [-0.3, -0.25) is 4.79 Å². The number of hydrogen-bond donors (Lipinski definition) is 2. The summed E-state index contributed by atoms with van der Waals surface area (Å²) in [6.07, 6.45) is 0. The summed E-state index contributed by atoms with van der Waals surface area (Å²) in [6, 6.07) is 12.9. The van der Waals surface area contributed by atoms with Crippen LogP contribution in [0.1, 0.15) is 34.5 Å². The van der Waals surface area contributed by atoms with Crippen molar-refractivity contribution in [2.24, 2.45) is 0 Å². The number of phenolic OH excluding ortho intramolecular Hbond substituents is 1. The number of nitrogens with one attached hydrogen (secondary N) is 1. The highest BCUT2D eigenvalue weighted by molar-refractivity contribution is 14.1. The Balaban J connectivity index is 2.15. The number of halogens is 1. The molecule has 0 aromatic heterocycles. The molecule has 0 aliphatic rings. The summed E-state index contributed by atoms with van der Waals surface area (Å²) >= 11 is 2.11. The fourth-order valence-corrected chi connectivity index (χ4v) is 2.39. The Hall–Kier alpha value is -1.56. The summed E-state index contributed by atoms with van der Waals surface area (Å²) in [4.78, 5) is 12.2. The minimum Gasteiger partial charge on any atom is -0.507 e. The van der Waals surface area contributed by atoms with Gasteiger partial charge in [0.2, 0.25) is 0 Å². The fraction of sp³-hybridized carbons (Fsp3) is 0.188. The predicted molar refractivity (Wildman–Crippen MR) is 87.9 cm³/mol. The van der Waals surface area contributed by atoms with Crippen molar-refractivity contribution in [2.75, 3.05) is 0 Å². The first-order valence-corrected chi connectivity index (χ1v) is 7.41. The minimum absolute atomic E-state index is 0.000905. The third kappa shape index (κ3) is 3.50. The van der Waals surface area contributed by atoms with E-state index in [1.54, 1.807) is 12.1 Å². The molecular formula is C16H16INO2. The van der Waals surface area contributed by atoms with Crippen LogP contribution in [0.2, 0.25) is 0 Å². The molecule has 2 aromatic carbocycles. The molecule has 2 rings (SSSR count). The molecule has 0 saturated carbocycles. The molecule has 0 saturated heterocycles. The summed E-state index contributed by atoms with van der Waals surface area (Å²) < 4.78 is 0.911. The normalized spacial score (nSPS) is 11.9. The minimum atomic E-state index is -0.269. The van der Waals surface area contributed by atoms with Gasteiger partial charge >= 0.3 is 0 Å². The number of rotatable bonds is 3. The van der Waals surface area contributed by atoms with Gasteiger partial charge in [0.05, 0.1) is 11.6 Å². The van der Waals surface area contributed by atoms with Crippen molar-refractivity contribution in [3.8, 4) is 5.75 Å². The van der Waals surface area contributed by atoms with E-state index in [0.29, 0.717) is 5.56 Å². The van der Waals surface area contributed by atoms with Crippen molar-refractivity contribution in [3.63, 3.8) is 0 Å². The van der Waals surface area contributed by atoms with Crippen LogP contribution >= 0.6 is 22.6 Å². The Morgan fingerprint density at radius 3 is 2.50 bits per heavy atom. The lowest BCUT2D eigenvalue weighted by molar-refractivity contribution is 0.0937. The molecular weight excluding hydrogens is 365 g/mol. The number of benzene rings is 2. The van der Waals surface area contributed by atoms with Crippen LogP contribution in [-0.2, 0) is 0 Å². The van der Waals surface area contributed by atoms with Crippen molar-refractivity contribution in [1.82, 2.24) is 5.32 Å². The Morgan fingerprint density at radius 1 is 1.20 bits per heavy atom. The molecule has 104 valence electrons. The van der Waals surface area contributed by atoms with Crippen LogP contribution < -0.4 is 5.32 Å². The molecule has 0 aliphatic carbocycles. The maximum absolute atomic E-state index is 12.2. The van der Waals surface area contributed by atoms with Crippen molar-refractivity contribution >= 4 is 28.5 Å². The van der Waals surface area contributed by atoms with Crippen molar-refractivity contribution in [2.45, 2.75) is 19.9 Å². The first-order chi connectivity index (χ1) is 9.47. The molecule has 20 heavy (non-hydrogen) atoms. The smallest absolute Gasteiger partial charge is 0.255 e. The van der Waals surface area contributed by atoms with E-state index in [1.807, 2.05) is 38.1 Å². The number of phenols is 1. The number of hydrogen-bond acceptors (Lipinski definition) is 2. The van der Waals surface area contributed by atoms with Crippen LogP contribution in [0.4, 0.5) is 0 Å². The lowest BCUT2D eigenvalue weighted by Gasteiger charge is -2.15. The highest BCUT2D eigenvalue weighted by atomic mass is 127. The Bertz CT molecular complexity index is 623. The largest absolute Gasteiger partial charge is 0.507 e. The molecule has 0 bridgehead atoms. The van der Waals surface area contributed by atoms with E-state index in [4.69, 9.17) is 0 Å². The van der Waals surface area contributed by atoms with E-state index in [9.17, 15) is 9.90 Å². The van der Waals surface area contributed by atoms with E-state index in [0.717, 1.165) is 9.13 Å². The van der Waals surface area contributed by atoms with Gasteiger partial charge in [-0.15, -0.1) is 0 Å². The van der Waals surface area contributed by atoms with Gasteiger partial charge in [0.25, 0.3) is 5.91 Å². The van der Waals surface area contributed by atoms with Gasteiger partial charge in [-0.1, -0.05) is 29.8 Å². The lowest BCUT2D eigenvalue weighted by Crippen LogP contribution is -2.26. The zero-order chi connectivity index (χ0) is 14.7. The van der Waals surface area contributed by atoms with E-state index < -0.39 is 0 Å². The number of carbonyl (C=O) groups excluding carboxylic acids is 1. The molecule has 0 heterocycles. The zero-order valence-electron chi connectivity index (χ0n) is 11.4. The summed E-state index contributed by atoms with van der Waals surface area (Å²) in [5, 5.41) is 12.7. The molecule has 1 unspecified atom stereocenters. The van der Waals surface area contributed by atoms with Gasteiger partial charge in [0.1, 0.15) is 5.75 Å². The molecule has 4 heteroatoms. The second-order valence-corrected chi connectivity index (χ2v) is 6.01. The molecule has 0 aliphatic heterocycles. The first-order valence-electron chi connectivity index (χ1n) is 6.33. The molecule has 0 spiro atoms. The van der Waals surface area contributed by atoms with Crippen molar-refractivity contribution < 1.29 is 9.90 Å². The van der Waals surface area contributed by atoms with Crippen LogP contribution in [0.25, 0.3) is 0 Å². The second kappa shape index (κ2) is 6.26. The Kier molecular flexibility index (Phi) is 4.65. The van der Waals surface area contributed by atoms with Gasteiger partial charge in [0, 0.05) is 3.57 Å². The van der Waals surface area contributed by atoms with E-state index in [-0.39, 0.29) is 17.7 Å². The van der Waals surface area contributed by atoms with E-state index >= 15 is 0 Å². The van der Waals surface area contributed by atoms with Gasteiger partial charge in [-0.05, 0) is 60.2 Å². The molecule has 1 atom stereocenters. The quantitative estimate of drug-likeness (QED) is 0.795. The third-order valence-electron chi connectivity index (χ3n) is 3.13. The van der Waals surface area contributed by atoms with Gasteiger partial charge in [-0.2, -0.15) is 0 Å². The Morgan fingerprint density at radius 2 is 1.85 bits per heavy atom. The van der Waals surface area contributed by atoms with Gasteiger partial charge < -0.3 is 10.4 Å². The monoisotopic (exact) mass is 381 g/mol. The fourth-order valence-electron chi connectivity index (χ4n) is 1.90. The highest BCUT2D eigenvalue weighted by Gasteiger charge is 2.15. The number of carbonyl (C=O) groups is 1. The van der Waals surface area contributed by atoms with Crippen LogP contribution in [0.15, 0.2) is 42.5 Å². The van der Waals surface area contributed by atoms with Crippen LogP contribution in [0, 0.1) is 10.5 Å². The van der Waals surface area contributed by atoms with Gasteiger partial charge in [0.15, 0.2) is 0 Å². The molecule has 0 fully saturated rings.